The molecule has 0 saturated carbocycles. The van der Waals surface area contributed by atoms with Gasteiger partial charge in [-0.25, -0.2) is 0 Å². The number of hydrogen-bond acceptors (Lipinski definition) is 4. The third-order valence-electron chi connectivity index (χ3n) is 3.38. The minimum absolute atomic E-state index is 0.0199. The number of carbonyl (C=O) groups is 3. The summed E-state index contributed by atoms with van der Waals surface area (Å²) in [4.78, 5) is 33.1. The van der Waals surface area contributed by atoms with Crippen molar-refractivity contribution in [3.05, 3.63) is 0 Å². The smallest absolute Gasteiger partial charge is 0.303 e. The zero-order chi connectivity index (χ0) is 16.5. The second-order valence-corrected chi connectivity index (χ2v) is 6.11. The van der Waals surface area contributed by atoms with Crippen LogP contribution in [0.1, 0.15) is 40.0 Å². The van der Waals surface area contributed by atoms with E-state index in [1.165, 1.54) is 0 Å². The van der Waals surface area contributed by atoms with Crippen LogP contribution in [-0.4, -0.2) is 42.5 Å². The van der Waals surface area contributed by atoms with E-state index in [0.717, 1.165) is 0 Å². The van der Waals surface area contributed by atoms with Crippen molar-refractivity contribution in [2.24, 2.45) is 17.1 Å². The van der Waals surface area contributed by atoms with Gasteiger partial charge in [-0.3, -0.25) is 14.4 Å². The fraction of sp³-hybridized carbons (Fsp3) is 0.786. The molecule has 1 unspecified atom stereocenters. The van der Waals surface area contributed by atoms with Crippen LogP contribution in [0.3, 0.4) is 0 Å². The van der Waals surface area contributed by atoms with Crippen molar-refractivity contribution in [1.82, 2.24) is 10.6 Å². The summed E-state index contributed by atoms with van der Waals surface area (Å²) in [5.74, 6) is -1.26. The van der Waals surface area contributed by atoms with Gasteiger partial charge in [-0.1, -0.05) is 20.8 Å². The predicted octanol–water partition coefficient (Wildman–Crippen LogP) is 0.0947. The first-order chi connectivity index (χ1) is 9.66. The third-order valence-corrected chi connectivity index (χ3v) is 3.38. The number of aliphatic carboxylic acids is 1. The molecule has 0 aliphatic rings. The van der Waals surface area contributed by atoms with E-state index >= 15 is 0 Å². The van der Waals surface area contributed by atoms with E-state index in [2.05, 4.69) is 31.4 Å². The first-order valence-corrected chi connectivity index (χ1v) is 7.12. The Labute approximate surface area is 125 Å². The van der Waals surface area contributed by atoms with Crippen LogP contribution in [-0.2, 0) is 14.4 Å². The monoisotopic (exact) mass is 301 g/mol. The highest BCUT2D eigenvalue weighted by atomic mass is 16.4. The van der Waals surface area contributed by atoms with Crippen LogP contribution in [0.2, 0.25) is 0 Å². The SMILES string of the molecule is CC(C)(C)C(CCNC(=O)CNC(=O)CN)CCC(=O)O. The highest BCUT2D eigenvalue weighted by molar-refractivity contribution is 5.85. The van der Waals surface area contributed by atoms with Gasteiger partial charge in [0.15, 0.2) is 0 Å². The molecule has 1 atom stereocenters. The summed E-state index contributed by atoms with van der Waals surface area (Å²) < 4.78 is 0. The maximum atomic E-state index is 11.5. The van der Waals surface area contributed by atoms with Gasteiger partial charge in [0.1, 0.15) is 0 Å². The number of rotatable bonds is 9. The molecule has 0 saturated heterocycles. The van der Waals surface area contributed by atoms with Crippen molar-refractivity contribution in [2.45, 2.75) is 40.0 Å². The molecule has 0 fully saturated rings. The van der Waals surface area contributed by atoms with E-state index in [1.54, 1.807) is 0 Å². The second-order valence-electron chi connectivity index (χ2n) is 6.11. The van der Waals surface area contributed by atoms with Crippen LogP contribution in [0.4, 0.5) is 0 Å². The van der Waals surface area contributed by atoms with Gasteiger partial charge in [0.05, 0.1) is 13.1 Å². The molecule has 7 nitrogen and oxygen atoms in total. The Hall–Kier alpha value is -1.63. The first-order valence-electron chi connectivity index (χ1n) is 7.12. The van der Waals surface area contributed by atoms with E-state index in [4.69, 9.17) is 10.8 Å². The topological polar surface area (TPSA) is 122 Å². The highest BCUT2D eigenvalue weighted by Gasteiger charge is 2.24. The quantitative estimate of drug-likeness (QED) is 0.481. The lowest BCUT2D eigenvalue weighted by Crippen LogP contribution is -2.40. The van der Waals surface area contributed by atoms with Crippen molar-refractivity contribution in [1.29, 1.82) is 0 Å². The van der Waals surface area contributed by atoms with E-state index < -0.39 is 5.97 Å². The average Bonchev–Trinajstić information content (AvgIpc) is 2.37. The fourth-order valence-corrected chi connectivity index (χ4v) is 2.01. The Bertz CT molecular complexity index is 364. The van der Waals surface area contributed by atoms with E-state index in [9.17, 15) is 14.4 Å². The van der Waals surface area contributed by atoms with Gasteiger partial charge in [-0.15, -0.1) is 0 Å². The lowest BCUT2D eigenvalue weighted by atomic mass is 9.76. The Morgan fingerprint density at radius 1 is 1.10 bits per heavy atom. The molecule has 5 N–H and O–H groups in total. The molecule has 0 radical (unpaired) electrons. The van der Waals surface area contributed by atoms with Crippen LogP contribution in [0, 0.1) is 11.3 Å². The van der Waals surface area contributed by atoms with Crippen molar-refractivity contribution in [3.8, 4) is 0 Å². The molecule has 0 aliphatic heterocycles. The molecule has 21 heavy (non-hydrogen) atoms. The largest absolute Gasteiger partial charge is 0.481 e. The van der Waals surface area contributed by atoms with E-state index in [-0.39, 0.29) is 42.7 Å². The molecule has 122 valence electrons. The summed E-state index contributed by atoms with van der Waals surface area (Å²) in [6.45, 7) is 6.40. The minimum atomic E-state index is -0.808. The summed E-state index contributed by atoms with van der Waals surface area (Å²) in [7, 11) is 0. The number of nitrogens with two attached hydrogens (primary N) is 1. The zero-order valence-electron chi connectivity index (χ0n) is 13.1. The fourth-order valence-electron chi connectivity index (χ4n) is 2.01. The zero-order valence-corrected chi connectivity index (χ0v) is 13.1. The predicted molar refractivity (Wildman–Crippen MR) is 79.5 cm³/mol. The summed E-state index contributed by atoms with van der Waals surface area (Å²) in [6.07, 6.45) is 1.41. The lowest BCUT2D eigenvalue weighted by Gasteiger charge is -2.30. The molecule has 2 amide bonds. The van der Waals surface area contributed by atoms with Crippen molar-refractivity contribution < 1.29 is 19.5 Å². The molecule has 0 aromatic carbocycles. The summed E-state index contributed by atoms with van der Waals surface area (Å²) in [5.41, 5.74) is 5.09. The number of carbonyl (C=O) groups excluding carboxylic acids is 2. The van der Waals surface area contributed by atoms with Gasteiger partial charge in [-0.05, 0) is 24.2 Å². The van der Waals surface area contributed by atoms with E-state index in [0.29, 0.717) is 19.4 Å². The van der Waals surface area contributed by atoms with E-state index in [1.807, 2.05) is 0 Å². The molecule has 0 aromatic heterocycles. The third kappa shape index (κ3) is 9.84. The average molecular weight is 301 g/mol. The highest BCUT2D eigenvalue weighted by Crippen LogP contribution is 2.32. The van der Waals surface area contributed by atoms with Crippen LogP contribution in [0.25, 0.3) is 0 Å². The van der Waals surface area contributed by atoms with Gasteiger partial charge in [0.2, 0.25) is 11.8 Å². The standard InChI is InChI=1S/C14H27N3O4/c1-14(2,3)10(4-5-13(20)21)6-7-16-12(19)9-17-11(18)8-15/h10H,4-9,15H2,1-3H3,(H,16,19)(H,17,18)(H,20,21). The maximum absolute atomic E-state index is 11.5. The summed E-state index contributed by atoms with van der Waals surface area (Å²) in [6, 6.07) is 0. The van der Waals surface area contributed by atoms with Crippen molar-refractivity contribution in [3.63, 3.8) is 0 Å². The first kappa shape index (κ1) is 19.4. The molecule has 0 heterocycles. The molecule has 0 spiro atoms. The number of carboxylic acid groups (broad SMARTS) is 1. The maximum Gasteiger partial charge on any atom is 0.303 e. The van der Waals surface area contributed by atoms with Crippen molar-refractivity contribution in [2.75, 3.05) is 19.6 Å². The number of amides is 2. The van der Waals surface area contributed by atoms with Gasteiger partial charge >= 0.3 is 5.97 Å². The summed E-state index contributed by atoms with van der Waals surface area (Å²) in [5, 5.41) is 13.9. The van der Waals surface area contributed by atoms with Crippen LogP contribution in [0.5, 0.6) is 0 Å². The number of nitrogens with one attached hydrogen (secondary N) is 2. The van der Waals surface area contributed by atoms with Crippen LogP contribution < -0.4 is 16.4 Å². The molecule has 0 aromatic rings. The normalized spacial score (nSPS) is 12.6. The van der Waals surface area contributed by atoms with Gasteiger partial charge in [0.25, 0.3) is 0 Å². The van der Waals surface area contributed by atoms with Gasteiger partial charge < -0.3 is 21.5 Å². The Balaban J connectivity index is 4.10. The molecule has 7 heteroatoms. The Morgan fingerprint density at radius 3 is 2.19 bits per heavy atom. The molecule has 0 rings (SSSR count). The van der Waals surface area contributed by atoms with Gasteiger partial charge in [-0.2, -0.15) is 0 Å². The molecular weight excluding hydrogens is 274 g/mol. The number of hydrogen-bond donors (Lipinski definition) is 4. The minimum Gasteiger partial charge on any atom is -0.481 e. The van der Waals surface area contributed by atoms with Crippen LogP contribution in [0.15, 0.2) is 0 Å². The molecular formula is C14H27N3O4. The number of carboxylic acids is 1. The van der Waals surface area contributed by atoms with Crippen molar-refractivity contribution >= 4 is 17.8 Å². The molecule has 0 aliphatic carbocycles. The summed E-state index contributed by atoms with van der Waals surface area (Å²) >= 11 is 0. The Morgan fingerprint density at radius 2 is 1.71 bits per heavy atom. The Kier molecular flexibility index (Phi) is 8.61. The lowest BCUT2D eigenvalue weighted by molar-refractivity contribution is -0.137. The van der Waals surface area contributed by atoms with Crippen LogP contribution >= 0.6 is 0 Å². The molecule has 0 bridgehead atoms. The second kappa shape index (κ2) is 9.33. The van der Waals surface area contributed by atoms with Gasteiger partial charge in [0, 0.05) is 13.0 Å².